The summed E-state index contributed by atoms with van der Waals surface area (Å²) in [6, 6.07) is 30.1. The van der Waals surface area contributed by atoms with Crippen molar-refractivity contribution in [1.29, 1.82) is 0 Å². The van der Waals surface area contributed by atoms with E-state index in [0.717, 1.165) is 33.5 Å². The minimum Gasteiger partial charge on any atom is -0.292 e. The van der Waals surface area contributed by atoms with E-state index >= 15 is 0 Å². The molecule has 0 aliphatic heterocycles. The summed E-state index contributed by atoms with van der Waals surface area (Å²) in [5.74, 6) is 1.31. The van der Waals surface area contributed by atoms with Gasteiger partial charge < -0.3 is 0 Å². The average Bonchev–Trinajstić information content (AvgIpc) is 3.23. The van der Waals surface area contributed by atoms with Gasteiger partial charge in [0.1, 0.15) is 11.6 Å². The van der Waals surface area contributed by atoms with Crippen LogP contribution in [0.5, 0.6) is 0 Å². The number of fused-ring (bicyclic) bond motifs is 1. The maximum absolute atomic E-state index is 13.6. The van der Waals surface area contributed by atoms with Crippen molar-refractivity contribution in [2.24, 2.45) is 0 Å². The Kier molecular flexibility index (Phi) is 5.79. The number of halogens is 1. The quantitative estimate of drug-likeness (QED) is 0.263. The van der Waals surface area contributed by atoms with Crippen molar-refractivity contribution in [3.05, 3.63) is 108 Å². The van der Waals surface area contributed by atoms with E-state index in [1.807, 2.05) is 24.3 Å². The van der Waals surface area contributed by atoms with Gasteiger partial charge in [0.25, 0.3) is 0 Å². The lowest BCUT2D eigenvalue weighted by Gasteiger charge is -2.24. The van der Waals surface area contributed by atoms with Crippen LogP contribution in [-0.4, -0.2) is 9.55 Å². The summed E-state index contributed by atoms with van der Waals surface area (Å²) in [7, 11) is 0. The highest BCUT2D eigenvalue weighted by molar-refractivity contribution is 5.85. The molecular formula is C31H29FN2. The highest BCUT2D eigenvalue weighted by Gasteiger charge is 2.23. The van der Waals surface area contributed by atoms with Crippen molar-refractivity contribution in [3.8, 4) is 28.2 Å². The molecule has 1 aromatic heterocycles. The third-order valence-corrected chi connectivity index (χ3v) is 6.41. The van der Waals surface area contributed by atoms with Crippen LogP contribution >= 0.6 is 0 Å². The van der Waals surface area contributed by atoms with Crippen molar-refractivity contribution >= 4 is 11.0 Å². The van der Waals surface area contributed by atoms with Crippen molar-refractivity contribution in [3.63, 3.8) is 0 Å². The molecule has 0 aliphatic carbocycles. The van der Waals surface area contributed by atoms with Crippen LogP contribution in [0, 0.1) is 5.82 Å². The Morgan fingerprint density at radius 2 is 1.24 bits per heavy atom. The Balaban J connectivity index is 1.87. The van der Waals surface area contributed by atoms with Crippen LogP contribution < -0.4 is 0 Å². The molecule has 3 heteroatoms. The molecule has 4 aromatic carbocycles. The van der Waals surface area contributed by atoms with E-state index in [1.54, 1.807) is 0 Å². The van der Waals surface area contributed by atoms with Gasteiger partial charge >= 0.3 is 0 Å². The van der Waals surface area contributed by atoms with Crippen LogP contribution in [0.15, 0.2) is 91.0 Å². The van der Waals surface area contributed by atoms with Gasteiger partial charge in [0, 0.05) is 5.56 Å². The maximum atomic E-state index is 13.6. The zero-order valence-electron chi connectivity index (χ0n) is 20.1. The second-order valence-corrected chi connectivity index (χ2v) is 9.45. The first-order valence-electron chi connectivity index (χ1n) is 11.9. The summed E-state index contributed by atoms with van der Waals surface area (Å²) < 4.78 is 15.9. The second kappa shape index (κ2) is 8.90. The van der Waals surface area contributed by atoms with Crippen LogP contribution in [0.4, 0.5) is 4.39 Å². The third kappa shape index (κ3) is 3.92. The lowest BCUT2D eigenvalue weighted by atomic mass is 9.88. The van der Waals surface area contributed by atoms with Gasteiger partial charge in [-0.1, -0.05) is 82.3 Å². The first-order valence-corrected chi connectivity index (χ1v) is 11.9. The Bertz CT molecular complexity index is 1420. The Labute approximate surface area is 200 Å². The van der Waals surface area contributed by atoms with Crippen LogP contribution in [-0.2, 0) is 0 Å². The fourth-order valence-corrected chi connectivity index (χ4v) is 4.66. The second-order valence-electron chi connectivity index (χ2n) is 9.45. The van der Waals surface area contributed by atoms with E-state index in [4.69, 9.17) is 4.98 Å². The van der Waals surface area contributed by atoms with Crippen molar-refractivity contribution in [2.45, 2.75) is 39.5 Å². The largest absolute Gasteiger partial charge is 0.292 e. The predicted molar refractivity (Wildman–Crippen MR) is 140 cm³/mol. The van der Waals surface area contributed by atoms with Gasteiger partial charge in [-0.2, -0.15) is 0 Å². The lowest BCUT2D eigenvalue weighted by Crippen LogP contribution is -2.09. The van der Waals surface area contributed by atoms with E-state index in [1.165, 1.54) is 28.9 Å². The molecule has 0 bridgehead atoms. The number of imidazole rings is 1. The summed E-state index contributed by atoms with van der Waals surface area (Å²) >= 11 is 0. The molecule has 0 saturated heterocycles. The summed E-state index contributed by atoms with van der Waals surface area (Å²) in [6.45, 7) is 8.94. The van der Waals surface area contributed by atoms with Crippen LogP contribution in [0.3, 0.4) is 0 Å². The molecule has 0 spiro atoms. The van der Waals surface area contributed by atoms with E-state index in [9.17, 15) is 4.39 Å². The summed E-state index contributed by atoms with van der Waals surface area (Å²) in [4.78, 5) is 5.07. The van der Waals surface area contributed by atoms with Gasteiger partial charge in [0.15, 0.2) is 0 Å². The molecule has 5 rings (SSSR count). The molecule has 0 saturated carbocycles. The van der Waals surface area contributed by atoms with Gasteiger partial charge in [0.05, 0.1) is 16.7 Å². The Hall–Kier alpha value is -3.72. The number of para-hydroxylation sites is 2. The predicted octanol–water partition coefficient (Wildman–Crippen LogP) is 8.75. The first kappa shape index (κ1) is 22.1. The molecule has 0 fully saturated rings. The lowest BCUT2D eigenvalue weighted by molar-refractivity contribution is 0.628. The fraction of sp³-hybridized carbons (Fsp3) is 0.194. The van der Waals surface area contributed by atoms with Gasteiger partial charge in [0.2, 0.25) is 0 Å². The number of benzene rings is 4. The van der Waals surface area contributed by atoms with E-state index in [0.29, 0.717) is 0 Å². The summed E-state index contributed by atoms with van der Waals surface area (Å²) in [5, 5.41) is 0. The number of rotatable bonds is 5. The smallest absolute Gasteiger partial charge is 0.145 e. The van der Waals surface area contributed by atoms with Crippen molar-refractivity contribution in [1.82, 2.24) is 9.55 Å². The molecule has 1 heterocycles. The molecule has 0 atom stereocenters. The highest BCUT2D eigenvalue weighted by atomic mass is 19.1. The minimum atomic E-state index is -0.217. The van der Waals surface area contributed by atoms with Crippen LogP contribution in [0.2, 0.25) is 0 Å². The molecule has 2 nitrogen and oxygen atoms in total. The molecule has 34 heavy (non-hydrogen) atoms. The monoisotopic (exact) mass is 448 g/mol. The number of hydrogen-bond donors (Lipinski definition) is 0. The maximum Gasteiger partial charge on any atom is 0.145 e. The summed E-state index contributed by atoms with van der Waals surface area (Å²) in [5.41, 5.74) is 9.01. The van der Waals surface area contributed by atoms with Crippen LogP contribution in [0.1, 0.15) is 50.7 Å². The molecule has 0 radical (unpaired) electrons. The van der Waals surface area contributed by atoms with E-state index < -0.39 is 0 Å². The molecule has 5 aromatic rings. The van der Waals surface area contributed by atoms with Crippen LogP contribution in [0.25, 0.3) is 39.2 Å². The summed E-state index contributed by atoms with van der Waals surface area (Å²) in [6.07, 6.45) is 0. The van der Waals surface area contributed by atoms with Gasteiger partial charge in [-0.25, -0.2) is 9.37 Å². The fourth-order valence-electron chi connectivity index (χ4n) is 4.66. The molecule has 0 unspecified atom stereocenters. The Morgan fingerprint density at radius 1 is 0.647 bits per heavy atom. The first-order chi connectivity index (χ1) is 16.4. The Morgan fingerprint density at radius 3 is 1.85 bits per heavy atom. The molecule has 0 aliphatic rings. The van der Waals surface area contributed by atoms with Gasteiger partial charge in [-0.15, -0.1) is 0 Å². The normalized spacial score (nSPS) is 11.6. The van der Waals surface area contributed by atoms with Crippen molar-refractivity contribution in [2.75, 3.05) is 0 Å². The number of hydrogen-bond acceptors (Lipinski definition) is 1. The SMILES string of the molecule is CC(C)c1cc(-c2ccc(F)cc2)cc(C(C)C)c1-n1c(-c2ccccc2)nc2ccccc21. The average molecular weight is 449 g/mol. The molecular weight excluding hydrogens is 419 g/mol. The topological polar surface area (TPSA) is 17.8 Å². The zero-order chi connectivity index (χ0) is 23.8. The van der Waals surface area contributed by atoms with Gasteiger partial charge in [-0.05, 0) is 70.5 Å². The standard InChI is InChI=1S/C31H29FN2/c1-20(2)26-18-24(22-14-16-25(32)17-15-22)19-27(21(3)4)30(26)34-29-13-9-8-12-28(29)33-31(34)23-10-6-5-7-11-23/h5-21H,1-4H3. The van der Waals surface area contributed by atoms with E-state index in [-0.39, 0.29) is 17.7 Å². The minimum absolute atomic E-state index is 0.217. The molecule has 0 amide bonds. The van der Waals surface area contributed by atoms with Gasteiger partial charge in [-0.3, -0.25) is 4.57 Å². The highest BCUT2D eigenvalue weighted by Crippen LogP contribution is 2.39. The van der Waals surface area contributed by atoms with Crippen molar-refractivity contribution < 1.29 is 4.39 Å². The molecule has 0 N–H and O–H groups in total. The number of aromatic nitrogens is 2. The third-order valence-electron chi connectivity index (χ3n) is 6.41. The molecule has 170 valence electrons. The van der Waals surface area contributed by atoms with E-state index in [2.05, 4.69) is 86.9 Å². The number of nitrogens with zero attached hydrogens (tertiary/aromatic N) is 2. The zero-order valence-corrected chi connectivity index (χ0v) is 20.1.